The number of urea groups is 1. The Hall–Kier alpha value is -1.46. The Morgan fingerprint density at radius 2 is 2.00 bits per heavy atom. The van der Waals surface area contributed by atoms with Gasteiger partial charge in [-0.2, -0.15) is 0 Å². The fraction of sp³-hybridized carbons (Fsp3) is 0.385. The molecule has 0 atom stereocenters. The number of hydrogen-bond donors (Lipinski definition) is 2. The lowest BCUT2D eigenvalue weighted by Crippen LogP contribution is -2.39. The molecule has 0 aliphatic rings. The van der Waals surface area contributed by atoms with Crippen LogP contribution in [-0.2, 0) is 4.79 Å². The summed E-state index contributed by atoms with van der Waals surface area (Å²) in [6.45, 7) is 3.60. The zero-order chi connectivity index (χ0) is 15.3. The number of aryl methyl sites for hydroxylation is 1. The van der Waals surface area contributed by atoms with Crippen LogP contribution in [0.4, 0.5) is 10.5 Å². The Balaban J connectivity index is 2.93. The van der Waals surface area contributed by atoms with Crippen molar-refractivity contribution >= 4 is 40.9 Å². The highest BCUT2D eigenvalue weighted by Crippen LogP contribution is 2.33. The first-order chi connectivity index (χ1) is 9.36. The standard InChI is InChI=1S/C13H16Cl2N2O3/c1-3-6-17(7-10(18)19)13(20)16-12-9(14)5-4-8(2)11(12)15/h4-5H,3,6-7H2,1-2H3,(H,16,20)(H,18,19). The maximum absolute atomic E-state index is 12.1. The number of nitrogens with one attached hydrogen (secondary N) is 1. The van der Waals surface area contributed by atoms with Gasteiger partial charge in [-0.3, -0.25) is 4.79 Å². The predicted molar refractivity (Wildman–Crippen MR) is 79.7 cm³/mol. The predicted octanol–water partition coefficient (Wildman–Crippen LogP) is 3.63. The lowest BCUT2D eigenvalue weighted by molar-refractivity contribution is -0.137. The highest BCUT2D eigenvalue weighted by Gasteiger charge is 2.18. The summed E-state index contributed by atoms with van der Waals surface area (Å²) in [7, 11) is 0. The lowest BCUT2D eigenvalue weighted by Gasteiger charge is -2.21. The van der Waals surface area contributed by atoms with E-state index in [2.05, 4.69) is 5.32 Å². The molecule has 2 amide bonds. The van der Waals surface area contributed by atoms with E-state index in [9.17, 15) is 9.59 Å². The molecule has 1 rings (SSSR count). The second kappa shape index (κ2) is 7.36. The summed E-state index contributed by atoms with van der Waals surface area (Å²) in [6.07, 6.45) is 0.649. The molecule has 0 saturated heterocycles. The van der Waals surface area contributed by atoms with Crippen LogP contribution in [0.15, 0.2) is 12.1 Å². The number of carbonyl (C=O) groups is 2. The molecule has 110 valence electrons. The smallest absolute Gasteiger partial charge is 0.323 e. The number of halogens is 2. The first-order valence-electron chi connectivity index (χ1n) is 6.09. The molecular formula is C13H16Cl2N2O3. The number of amides is 2. The molecular weight excluding hydrogens is 303 g/mol. The quantitative estimate of drug-likeness (QED) is 0.870. The molecule has 0 fully saturated rings. The molecule has 1 aromatic carbocycles. The molecule has 0 saturated carbocycles. The van der Waals surface area contributed by atoms with E-state index in [1.54, 1.807) is 19.1 Å². The molecule has 20 heavy (non-hydrogen) atoms. The van der Waals surface area contributed by atoms with Crippen molar-refractivity contribution in [2.24, 2.45) is 0 Å². The largest absolute Gasteiger partial charge is 0.480 e. The van der Waals surface area contributed by atoms with E-state index in [1.165, 1.54) is 4.90 Å². The highest BCUT2D eigenvalue weighted by molar-refractivity contribution is 6.40. The Morgan fingerprint density at radius 1 is 1.35 bits per heavy atom. The fourth-order valence-corrected chi connectivity index (χ4v) is 2.11. The minimum absolute atomic E-state index is 0.296. The fourth-order valence-electron chi connectivity index (χ4n) is 1.64. The molecule has 0 spiro atoms. The third kappa shape index (κ3) is 4.28. The molecule has 0 aliphatic heterocycles. The zero-order valence-corrected chi connectivity index (χ0v) is 12.8. The van der Waals surface area contributed by atoms with Gasteiger partial charge in [-0.05, 0) is 25.0 Å². The SMILES string of the molecule is CCCN(CC(=O)O)C(=O)Nc1c(Cl)ccc(C)c1Cl. The number of carbonyl (C=O) groups excluding carboxylic acids is 1. The first-order valence-corrected chi connectivity index (χ1v) is 6.84. The van der Waals surface area contributed by atoms with Crippen molar-refractivity contribution in [3.8, 4) is 0 Å². The molecule has 0 aromatic heterocycles. The van der Waals surface area contributed by atoms with Crippen LogP contribution in [0.25, 0.3) is 0 Å². The number of benzene rings is 1. The number of rotatable bonds is 5. The molecule has 0 unspecified atom stereocenters. The number of anilines is 1. The van der Waals surface area contributed by atoms with Crippen LogP contribution < -0.4 is 5.32 Å². The summed E-state index contributed by atoms with van der Waals surface area (Å²) in [4.78, 5) is 24.0. The molecule has 0 radical (unpaired) electrons. The van der Waals surface area contributed by atoms with Gasteiger partial charge in [0, 0.05) is 6.54 Å². The van der Waals surface area contributed by atoms with Crippen LogP contribution in [-0.4, -0.2) is 35.1 Å². The summed E-state index contributed by atoms with van der Waals surface area (Å²) in [6, 6.07) is 2.82. The Kier molecular flexibility index (Phi) is 6.10. The Bertz CT molecular complexity index is 521. The monoisotopic (exact) mass is 318 g/mol. The number of aliphatic carboxylic acids is 1. The van der Waals surface area contributed by atoms with Gasteiger partial charge >= 0.3 is 12.0 Å². The van der Waals surface area contributed by atoms with Crippen molar-refractivity contribution in [2.45, 2.75) is 20.3 Å². The zero-order valence-electron chi connectivity index (χ0n) is 11.2. The van der Waals surface area contributed by atoms with E-state index in [0.29, 0.717) is 28.7 Å². The Labute approximate surface area is 127 Å². The van der Waals surface area contributed by atoms with Gasteiger partial charge in [0.15, 0.2) is 0 Å². The summed E-state index contributed by atoms with van der Waals surface area (Å²) < 4.78 is 0. The average molecular weight is 319 g/mol. The first kappa shape index (κ1) is 16.6. The summed E-state index contributed by atoms with van der Waals surface area (Å²) >= 11 is 12.1. The molecule has 1 aromatic rings. The van der Waals surface area contributed by atoms with Gasteiger partial charge in [0.25, 0.3) is 0 Å². The van der Waals surface area contributed by atoms with Gasteiger partial charge in [-0.1, -0.05) is 36.2 Å². The van der Waals surface area contributed by atoms with Crippen LogP contribution >= 0.6 is 23.2 Å². The summed E-state index contributed by atoms with van der Waals surface area (Å²) in [5.41, 5.74) is 1.07. The minimum Gasteiger partial charge on any atom is -0.480 e. The van der Waals surface area contributed by atoms with Crippen LogP contribution in [0.2, 0.25) is 10.0 Å². The van der Waals surface area contributed by atoms with Gasteiger partial charge in [-0.15, -0.1) is 0 Å². The molecule has 5 nitrogen and oxygen atoms in total. The van der Waals surface area contributed by atoms with Crippen molar-refractivity contribution in [2.75, 3.05) is 18.4 Å². The van der Waals surface area contributed by atoms with Crippen LogP contribution in [0, 0.1) is 6.92 Å². The van der Waals surface area contributed by atoms with Crippen molar-refractivity contribution in [3.05, 3.63) is 27.7 Å². The normalized spacial score (nSPS) is 10.2. The van der Waals surface area contributed by atoms with Gasteiger partial charge in [-0.25, -0.2) is 4.79 Å². The Morgan fingerprint density at radius 3 is 2.55 bits per heavy atom. The molecule has 0 aliphatic carbocycles. The number of carboxylic acid groups (broad SMARTS) is 1. The third-order valence-corrected chi connectivity index (χ3v) is 3.43. The van der Waals surface area contributed by atoms with Gasteiger partial charge in [0.1, 0.15) is 6.54 Å². The van der Waals surface area contributed by atoms with E-state index in [-0.39, 0.29) is 6.54 Å². The lowest BCUT2D eigenvalue weighted by atomic mass is 10.2. The van der Waals surface area contributed by atoms with Crippen molar-refractivity contribution in [1.29, 1.82) is 0 Å². The van der Waals surface area contributed by atoms with Crippen molar-refractivity contribution < 1.29 is 14.7 Å². The van der Waals surface area contributed by atoms with Crippen molar-refractivity contribution in [3.63, 3.8) is 0 Å². The molecule has 0 heterocycles. The van der Waals surface area contributed by atoms with Crippen molar-refractivity contribution in [1.82, 2.24) is 4.90 Å². The maximum Gasteiger partial charge on any atom is 0.323 e. The number of nitrogens with zero attached hydrogens (tertiary/aromatic N) is 1. The minimum atomic E-state index is -1.07. The van der Waals surface area contributed by atoms with Crippen LogP contribution in [0.3, 0.4) is 0 Å². The molecule has 7 heteroatoms. The average Bonchev–Trinajstić information content (AvgIpc) is 2.38. The summed E-state index contributed by atoms with van der Waals surface area (Å²) in [5.74, 6) is -1.07. The second-order valence-corrected chi connectivity index (χ2v) is 5.08. The topological polar surface area (TPSA) is 69.6 Å². The van der Waals surface area contributed by atoms with E-state index in [0.717, 1.165) is 5.56 Å². The van der Waals surface area contributed by atoms with Gasteiger partial charge in [0.05, 0.1) is 15.7 Å². The van der Waals surface area contributed by atoms with Gasteiger partial charge in [0.2, 0.25) is 0 Å². The van der Waals surface area contributed by atoms with E-state index in [1.807, 2.05) is 6.92 Å². The molecule has 2 N–H and O–H groups in total. The number of hydrogen-bond acceptors (Lipinski definition) is 2. The second-order valence-electron chi connectivity index (χ2n) is 4.30. The third-order valence-electron chi connectivity index (χ3n) is 2.62. The summed E-state index contributed by atoms with van der Waals surface area (Å²) in [5, 5.41) is 12.0. The van der Waals surface area contributed by atoms with Crippen LogP contribution in [0.1, 0.15) is 18.9 Å². The van der Waals surface area contributed by atoms with E-state index >= 15 is 0 Å². The maximum atomic E-state index is 12.1. The number of carboxylic acids is 1. The van der Waals surface area contributed by atoms with Crippen LogP contribution in [0.5, 0.6) is 0 Å². The van der Waals surface area contributed by atoms with Gasteiger partial charge < -0.3 is 15.3 Å². The van der Waals surface area contributed by atoms with E-state index in [4.69, 9.17) is 28.3 Å². The highest BCUT2D eigenvalue weighted by atomic mass is 35.5. The van der Waals surface area contributed by atoms with E-state index < -0.39 is 12.0 Å². The molecule has 0 bridgehead atoms.